The standard InChI is InChI=1S/C9H20N2O2/c1-4-9(5-2,8(10)12)11-6-7-13-3/h11H,4-7H2,1-3H3,(H2,10,12). The molecule has 0 saturated carbocycles. The largest absolute Gasteiger partial charge is 0.383 e. The SMILES string of the molecule is CCC(CC)(NCCOC)C(N)=O. The van der Waals surface area contributed by atoms with E-state index >= 15 is 0 Å². The van der Waals surface area contributed by atoms with Gasteiger partial charge in [-0.1, -0.05) is 13.8 Å². The van der Waals surface area contributed by atoms with Gasteiger partial charge in [-0.2, -0.15) is 0 Å². The van der Waals surface area contributed by atoms with Crippen LogP contribution in [0.4, 0.5) is 0 Å². The van der Waals surface area contributed by atoms with E-state index in [0.717, 1.165) is 0 Å². The number of hydrogen-bond donors (Lipinski definition) is 2. The monoisotopic (exact) mass is 188 g/mol. The van der Waals surface area contributed by atoms with Crippen molar-refractivity contribution in [2.75, 3.05) is 20.3 Å². The van der Waals surface area contributed by atoms with E-state index in [1.807, 2.05) is 13.8 Å². The molecule has 0 aliphatic carbocycles. The fourth-order valence-electron chi connectivity index (χ4n) is 1.33. The molecule has 0 heterocycles. The number of primary amides is 1. The van der Waals surface area contributed by atoms with Crippen molar-refractivity contribution in [3.05, 3.63) is 0 Å². The first-order valence-electron chi connectivity index (χ1n) is 4.66. The molecule has 0 radical (unpaired) electrons. The third-order valence-corrected chi connectivity index (χ3v) is 2.45. The van der Waals surface area contributed by atoms with Crippen molar-refractivity contribution >= 4 is 5.91 Å². The van der Waals surface area contributed by atoms with Crippen LogP contribution in [0.1, 0.15) is 26.7 Å². The molecule has 1 amide bonds. The predicted molar refractivity (Wildman–Crippen MR) is 52.4 cm³/mol. The van der Waals surface area contributed by atoms with Crippen LogP contribution in [0.25, 0.3) is 0 Å². The topological polar surface area (TPSA) is 64.3 Å². The summed E-state index contributed by atoms with van der Waals surface area (Å²) < 4.78 is 4.89. The first kappa shape index (κ1) is 12.4. The summed E-state index contributed by atoms with van der Waals surface area (Å²) in [5.74, 6) is -0.284. The Morgan fingerprint density at radius 3 is 2.31 bits per heavy atom. The zero-order valence-corrected chi connectivity index (χ0v) is 8.72. The van der Waals surface area contributed by atoms with Crippen LogP contribution in [0.3, 0.4) is 0 Å². The molecule has 0 unspecified atom stereocenters. The molecule has 0 aromatic heterocycles. The van der Waals surface area contributed by atoms with Gasteiger partial charge in [0.1, 0.15) is 0 Å². The van der Waals surface area contributed by atoms with Crippen LogP contribution in [0.2, 0.25) is 0 Å². The highest BCUT2D eigenvalue weighted by molar-refractivity contribution is 5.84. The van der Waals surface area contributed by atoms with E-state index in [4.69, 9.17) is 10.5 Å². The number of nitrogens with two attached hydrogens (primary N) is 1. The van der Waals surface area contributed by atoms with Gasteiger partial charge in [0.05, 0.1) is 12.1 Å². The number of methoxy groups -OCH3 is 1. The molecular formula is C9H20N2O2. The van der Waals surface area contributed by atoms with E-state index < -0.39 is 5.54 Å². The Balaban J connectivity index is 4.14. The maximum Gasteiger partial charge on any atom is 0.237 e. The van der Waals surface area contributed by atoms with Crippen LogP contribution < -0.4 is 11.1 Å². The van der Waals surface area contributed by atoms with Gasteiger partial charge < -0.3 is 15.8 Å². The molecule has 0 fully saturated rings. The Kier molecular flexibility index (Phi) is 5.66. The highest BCUT2D eigenvalue weighted by atomic mass is 16.5. The van der Waals surface area contributed by atoms with Gasteiger partial charge in [0, 0.05) is 13.7 Å². The molecule has 0 rings (SSSR count). The summed E-state index contributed by atoms with van der Waals surface area (Å²) >= 11 is 0. The third kappa shape index (κ3) is 3.32. The first-order chi connectivity index (χ1) is 6.13. The number of amides is 1. The van der Waals surface area contributed by atoms with Crippen LogP contribution in [0, 0.1) is 0 Å². The van der Waals surface area contributed by atoms with E-state index in [1.165, 1.54) is 0 Å². The minimum atomic E-state index is -0.557. The van der Waals surface area contributed by atoms with Gasteiger partial charge in [-0.15, -0.1) is 0 Å². The molecule has 0 aliphatic rings. The molecule has 0 spiro atoms. The van der Waals surface area contributed by atoms with Gasteiger partial charge >= 0.3 is 0 Å². The highest BCUT2D eigenvalue weighted by Crippen LogP contribution is 2.13. The molecular weight excluding hydrogens is 168 g/mol. The Hall–Kier alpha value is -0.610. The second-order valence-electron chi connectivity index (χ2n) is 3.07. The molecule has 0 saturated heterocycles. The molecule has 3 N–H and O–H groups in total. The summed E-state index contributed by atoms with van der Waals surface area (Å²) in [4.78, 5) is 11.2. The lowest BCUT2D eigenvalue weighted by atomic mass is 9.92. The fourth-order valence-corrected chi connectivity index (χ4v) is 1.33. The van der Waals surface area contributed by atoms with Crippen molar-refractivity contribution in [3.8, 4) is 0 Å². The average molecular weight is 188 g/mol. The Morgan fingerprint density at radius 2 is 2.00 bits per heavy atom. The minimum Gasteiger partial charge on any atom is -0.383 e. The molecule has 0 aromatic carbocycles. The molecule has 0 aliphatic heterocycles. The maximum absolute atomic E-state index is 11.2. The average Bonchev–Trinajstić information content (AvgIpc) is 2.13. The maximum atomic E-state index is 11.2. The number of carbonyl (C=O) groups excluding carboxylic acids is 1. The van der Waals surface area contributed by atoms with E-state index in [0.29, 0.717) is 26.0 Å². The summed E-state index contributed by atoms with van der Waals surface area (Å²) in [6.45, 7) is 5.15. The van der Waals surface area contributed by atoms with Gasteiger partial charge in [0.2, 0.25) is 5.91 Å². The van der Waals surface area contributed by atoms with Crippen LogP contribution >= 0.6 is 0 Å². The lowest BCUT2D eigenvalue weighted by Crippen LogP contribution is -2.55. The minimum absolute atomic E-state index is 0.284. The summed E-state index contributed by atoms with van der Waals surface area (Å²) in [6, 6.07) is 0. The predicted octanol–water partition coefficient (Wildman–Crippen LogP) is 0.267. The van der Waals surface area contributed by atoms with Gasteiger partial charge in [-0.3, -0.25) is 4.79 Å². The van der Waals surface area contributed by atoms with Crippen LogP contribution in [0.5, 0.6) is 0 Å². The molecule has 78 valence electrons. The molecule has 4 heteroatoms. The van der Waals surface area contributed by atoms with Gasteiger partial charge in [0.15, 0.2) is 0 Å². The second kappa shape index (κ2) is 5.94. The van der Waals surface area contributed by atoms with E-state index in [-0.39, 0.29) is 5.91 Å². The Bertz CT molecular complexity index is 156. The van der Waals surface area contributed by atoms with E-state index in [1.54, 1.807) is 7.11 Å². The highest BCUT2D eigenvalue weighted by Gasteiger charge is 2.31. The van der Waals surface area contributed by atoms with Crippen molar-refractivity contribution in [2.24, 2.45) is 5.73 Å². The first-order valence-corrected chi connectivity index (χ1v) is 4.66. The summed E-state index contributed by atoms with van der Waals surface area (Å²) in [5, 5.41) is 3.13. The van der Waals surface area contributed by atoms with E-state index in [2.05, 4.69) is 5.32 Å². The number of carbonyl (C=O) groups is 1. The smallest absolute Gasteiger partial charge is 0.237 e. The van der Waals surface area contributed by atoms with Crippen molar-refractivity contribution in [1.82, 2.24) is 5.32 Å². The second-order valence-corrected chi connectivity index (χ2v) is 3.07. The zero-order valence-electron chi connectivity index (χ0n) is 8.72. The van der Waals surface area contributed by atoms with Gasteiger partial charge in [-0.05, 0) is 12.8 Å². The van der Waals surface area contributed by atoms with Gasteiger partial charge in [0.25, 0.3) is 0 Å². The molecule has 0 bridgehead atoms. The Labute approximate surface area is 79.8 Å². The van der Waals surface area contributed by atoms with Crippen molar-refractivity contribution < 1.29 is 9.53 Å². The molecule has 13 heavy (non-hydrogen) atoms. The normalized spacial score (nSPS) is 11.6. The van der Waals surface area contributed by atoms with Crippen molar-refractivity contribution in [1.29, 1.82) is 0 Å². The van der Waals surface area contributed by atoms with Crippen molar-refractivity contribution in [3.63, 3.8) is 0 Å². The third-order valence-electron chi connectivity index (χ3n) is 2.45. The van der Waals surface area contributed by atoms with E-state index in [9.17, 15) is 4.79 Å². The molecule has 0 atom stereocenters. The quantitative estimate of drug-likeness (QED) is 0.563. The fraction of sp³-hybridized carbons (Fsp3) is 0.889. The van der Waals surface area contributed by atoms with Crippen molar-refractivity contribution in [2.45, 2.75) is 32.2 Å². The van der Waals surface area contributed by atoms with Gasteiger partial charge in [-0.25, -0.2) is 0 Å². The molecule has 4 nitrogen and oxygen atoms in total. The number of rotatable bonds is 7. The summed E-state index contributed by atoms with van der Waals surface area (Å²) in [6.07, 6.45) is 1.42. The number of nitrogens with one attached hydrogen (secondary N) is 1. The van der Waals surface area contributed by atoms with Crippen LogP contribution in [0.15, 0.2) is 0 Å². The van der Waals surface area contributed by atoms with Crippen LogP contribution in [-0.2, 0) is 9.53 Å². The zero-order chi connectivity index (χ0) is 10.3. The summed E-state index contributed by atoms with van der Waals surface area (Å²) in [5.41, 5.74) is 4.78. The number of hydrogen-bond acceptors (Lipinski definition) is 3. The lowest BCUT2D eigenvalue weighted by molar-refractivity contribution is -0.124. The Morgan fingerprint density at radius 1 is 1.46 bits per heavy atom. The van der Waals surface area contributed by atoms with Crippen LogP contribution in [-0.4, -0.2) is 31.7 Å². The molecule has 0 aromatic rings. The summed E-state index contributed by atoms with van der Waals surface area (Å²) in [7, 11) is 1.63. The lowest BCUT2D eigenvalue weighted by Gasteiger charge is -2.29. The number of ether oxygens (including phenoxy) is 1.